The molecular weight excluding hydrogens is 200 g/mol. The number of benzene rings is 1. The zero-order chi connectivity index (χ0) is 11.1. The quantitative estimate of drug-likeness (QED) is 0.654. The smallest absolute Gasteiger partial charge is 0.118 e. The predicted octanol–water partition coefficient (Wildman–Crippen LogP) is 1.36. The lowest BCUT2D eigenvalue weighted by Gasteiger charge is -2.02. The Balaban J connectivity index is 2.33. The summed E-state index contributed by atoms with van der Waals surface area (Å²) in [7, 11) is 0. The highest BCUT2D eigenvalue weighted by Crippen LogP contribution is 2.43. The molecule has 2 nitrogen and oxygen atoms in total. The van der Waals surface area contributed by atoms with Crippen LogP contribution in [0.1, 0.15) is 11.1 Å². The second kappa shape index (κ2) is 3.14. The van der Waals surface area contributed by atoms with Gasteiger partial charge in [0.25, 0.3) is 0 Å². The van der Waals surface area contributed by atoms with Crippen molar-refractivity contribution in [3.63, 3.8) is 0 Å². The van der Waals surface area contributed by atoms with Gasteiger partial charge in [0, 0.05) is 35.8 Å². The number of fused-ring (bicyclic) bond motifs is 3. The standard InChI is InChI=1S/C14H8O2/c15-14(16)13-11-7-3-1-5-9(11)10-6-2-4-8-12(10)13/h1-8H. The summed E-state index contributed by atoms with van der Waals surface area (Å²) in [6.45, 7) is 0. The van der Waals surface area contributed by atoms with Crippen LogP contribution in [0.3, 0.4) is 0 Å². The summed E-state index contributed by atoms with van der Waals surface area (Å²) in [6.07, 6.45) is 7.51. The first-order valence-electron chi connectivity index (χ1n) is 5.06. The molecule has 2 aliphatic rings. The molecule has 0 fully saturated rings. The molecule has 0 spiro atoms. The van der Waals surface area contributed by atoms with E-state index in [9.17, 15) is 9.90 Å². The van der Waals surface area contributed by atoms with Crippen molar-refractivity contribution in [2.24, 2.45) is 0 Å². The van der Waals surface area contributed by atoms with Gasteiger partial charge in [-0.3, -0.25) is 0 Å². The van der Waals surface area contributed by atoms with Crippen molar-refractivity contribution in [3.8, 4) is 0 Å². The largest absolute Gasteiger partial charge is 0.535 e. The maximum absolute atomic E-state index is 11.2. The number of carboxylic acids is 1. The van der Waals surface area contributed by atoms with E-state index in [1.807, 2.05) is 48.9 Å². The lowest BCUT2D eigenvalue weighted by atomic mass is 9.97. The Bertz CT molecular complexity index is 574. The van der Waals surface area contributed by atoms with Crippen molar-refractivity contribution < 1.29 is 9.90 Å². The van der Waals surface area contributed by atoms with Crippen LogP contribution in [0.25, 0.3) is 11.1 Å². The number of carbonyl (C=O) groups excluding carboxylic acids is 1. The van der Waals surface area contributed by atoms with Crippen molar-refractivity contribution in [1.82, 2.24) is 0 Å². The summed E-state index contributed by atoms with van der Waals surface area (Å²) < 4.78 is 0. The van der Waals surface area contributed by atoms with E-state index in [1.165, 1.54) is 0 Å². The van der Waals surface area contributed by atoms with Crippen LogP contribution in [-0.4, -0.2) is 5.97 Å². The Hall–Kier alpha value is -2.22. The average Bonchev–Trinajstić information content (AvgIpc) is 2.63. The van der Waals surface area contributed by atoms with Gasteiger partial charge in [-0.25, -0.2) is 0 Å². The van der Waals surface area contributed by atoms with Gasteiger partial charge in [-0.1, -0.05) is 12.1 Å². The second-order valence-corrected chi connectivity index (χ2v) is 3.75. The van der Waals surface area contributed by atoms with Crippen molar-refractivity contribution >= 4 is 17.1 Å². The number of carboxylic acid groups (broad SMARTS) is 1. The van der Waals surface area contributed by atoms with Crippen LogP contribution in [0.4, 0.5) is 0 Å². The molecule has 0 unspecified atom stereocenters. The van der Waals surface area contributed by atoms with Crippen LogP contribution in [0.5, 0.6) is 0 Å². The molecule has 76 valence electrons. The molecule has 0 amide bonds. The zero-order valence-electron chi connectivity index (χ0n) is 8.44. The fraction of sp³-hybridized carbons (Fsp3) is 0. The van der Waals surface area contributed by atoms with E-state index in [1.54, 1.807) is 0 Å². The van der Waals surface area contributed by atoms with Gasteiger partial charge in [0.05, 0.1) is 11.1 Å². The Morgan fingerprint density at radius 3 is 2.69 bits per heavy atom. The van der Waals surface area contributed by atoms with Crippen LogP contribution in [0.15, 0.2) is 48.1 Å². The number of allylic oxidation sites excluding steroid dienone is 5. The van der Waals surface area contributed by atoms with Crippen LogP contribution < -0.4 is 5.11 Å². The van der Waals surface area contributed by atoms with Gasteiger partial charge in [-0.05, 0) is 12.1 Å². The van der Waals surface area contributed by atoms with Crippen LogP contribution >= 0.6 is 0 Å². The summed E-state index contributed by atoms with van der Waals surface area (Å²) in [5.41, 5.74) is 3.74. The highest BCUT2D eigenvalue weighted by atomic mass is 16.4. The summed E-state index contributed by atoms with van der Waals surface area (Å²) in [6, 6.07) is 7.51. The maximum atomic E-state index is 11.2. The topological polar surface area (TPSA) is 40.1 Å². The normalized spacial score (nSPS) is 16.4. The molecule has 1 aromatic carbocycles. The number of aliphatic carboxylic acids is 1. The first kappa shape index (κ1) is 9.04. The van der Waals surface area contributed by atoms with Gasteiger partial charge < -0.3 is 9.90 Å². The van der Waals surface area contributed by atoms with Crippen molar-refractivity contribution in [1.29, 1.82) is 0 Å². The number of carbonyl (C=O) groups is 1. The number of rotatable bonds is 1. The molecule has 0 atom stereocenters. The summed E-state index contributed by atoms with van der Waals surface area (Å²) in [5.74, 6) is -1.11. The van der Waals surface area contributed by atoms with Gasteiger partial charge >= 0.3 is 0 Å². The molecule has 1 aromatic rings. The second-order valence-electron chi connectivity index (χ2n) is 3.75. The van der Waals surface area contributed by atoms with Crippen molar-refractivity contribution in [2.75, 3.05) is 0 Å². The van der Waals surface area contributed by atoms with Crippen LogP contribution in [0.2, 0.25) is 0 Å². The molecule has 0 bridgehead atoms. The number of hydrogen-bond acceptors (Lipinski definition) is 2. The highest BCUT2D eigenvalue weighted by molar-refractivity contribution is 6.24. The Morgan fingerprint density at radius 2 is 1.94 bits per heavy atom. The third-order valence-electron chi connectivity index (χ3n) is 2.89. The first-order chi connectivity index (χ1) is 7.79. The molecule has 2 heteroatoms. The van der Waals surface area contributed by atoms with E-state index < -0.39 is 5.97 Å². The minimum Gasteiger partial charge on any atom is -0.535 e. The van der Waals surface area contributed by atoms with Gasteiger partial charge in [-0.15, -0.1) is 0 Å². The molecular formula is C14H8O2. The summed E-state index contributed by atoms with van der Waals surface area (Å²) >= 11 is 0. The lowest BCUT2D eigenvalue weighted by molar-refractivity contribution is -0.295. The Morgan fingerprint density at radius 1 is 1.19 bits per heavy atom. The predicted molar refractivity (Wildman–Crippen MR) is 59.8 cm³/mol. The first-order valence-corrected chi connectivity index (χ1v) is 5.06. The molecule has 0 radical (unpaired) electrons. The van der Waals surface area contributed by atoms with Crippen LogP contribution in [-0.2, 0) is 4.79 Å². The molecule has 16 heavy (non-hydrogen) atoms. The number of hydrogen-bond donors (Lipinski definition) is 0. The molecule has 0 heterocycles. The van der Waals surface area contributed by atoms with E-state index in [4.69, 9.17) is 0 Å². The molecule has 0 saturated heterocycles. The average molecular weight is 208 g/mol. The fourth-order valence-corrected chi connectivity index (χ4v) is 2.24. The third-order valence-corrected chi connectivity index (χ3v) is 2.89. The minimum atomic E-state index is -1.11. The van der Waals surface area contributed by atoms with Crippen molar-refractivity contribution in [2.45, 2.75) is 0 Å². The maximum Gasteiger partial charge on any atom is 0.118 e. The van der Waals surface area contributed by atoms with Crippen molar-refractivity contribution in [3.05, 3.63) is 65.6 Å². The van der Waals surface area contributed by atoms with Gasteiger partial charge in [0.2, 0.25) is 0 Å². The Labute approximate surface area is 93.2 Å². The molecule has 3 rings (SSSR count). The van der Waals surface area contributed by atoms with E-state index in [-0.39, 0.29) is 0 Å². The third kappa shape index (κ3) is 1.07. The van der Waals surface area contributed by atoms with E-state index in [2.05, 4.69) is 0 Å². The van der Waals surface area contributed by atoms with Crippen LogP contribution in [0, 0.1) is 6.42 Å². The molecule has 0 aliphatic heterocycles. The molecule has 0 aromatic heterocycles. The van der Waals surface area contributed by atoms with E-state index in [0.717, 1.165) is 22.3 Å². The van der Waals surface area contributed by atoms with Gasteiger partial charge in [-0.2, -0.15) is 0 Å². The lowest BCUT2D eigenvalue weighted by Crippen LogP contribution is -2.23. The van der Waals surface area contributed by atoms with Gasteiger partial charge in [0.15, 0.2) is 0 Å². The van der Waals surface area contributed by atoms with Gasteiger partial charge in [0.1, 0.15) is 11.5 Å². The van der Waals surface area contributed by atoms with E-state index in [0.29, 0.717) is 5.57 Å². The van der Waals surface area contributed by atoms with E-state index >= 15 is 0 Å². The monoisotopic (exact) mass is 208 g/mol. The Kier molecular flexibility index (Phi) is 1.77. The highest BCUT2D eigenvalue weighted by Gasteiger charge is 2.33. The molecule has 0 saturated carbocycles. The summed E-state index contributed by atoms with van der Waals surface area (Å²) in [5, 5.41) is 11.2. The zero-order valence-corrected chi connectivity index (χ0v) is 8.44. The SMILES string of the molecule is O=C([O-])C1=C2[CH+]C=CC=C2c2ccccc21. The molecule has 0 N–H and O–H groups in total. The fourth-order valence-electron chi connectivity index (χ4n) is 2.24. The minimum absolute atomic E-state index is 0.297. The molecule has 2 aliphatic carbocycles. The summed E-state index contributed by atoms with van der Waals surface area (Å²) in [4.78, 5) is 11.2.